The van der Waals surface area contributed by atoms with Crippen molar-refractivity contribution in [3.63, 3.8) is 0 Å². The SMILES string of the molecule is CCCC1CCC(C2CCC(c3ccc(CCc4cc(F)c(C(F)(F)OC(F)(F)F)c(F)c4)cc3)CC2)CC1. The van der Waals surface area contributed by atoms with Crippen molar-refractivity contribution in [1.82, 2.24) is 0 Å². The van der Waals surface area contributed by atoms with Gasteiger partial charge in [-0.25, -0.2) is 13.5 Å². The molecule has 0 N–H and O–H groups in total. The van der Waals surface area contributed by atoms with Gasteiger partial charge in [-0.3, -0.25) is 0 Å². The van der Waals surface area contributed by atoms with Crippen LogP contribution >= 0.6 is 0 Å². The Hall–Kier alpha value is -2.09. The molecule has 0 saturated heterocycles. The molecule has 0 spiro atoms. The summed E-state index contributed by atoms with van der Waals surface area (Å²) < 4.78 is 95.0. The Morgan fingerprint density at radius 1 is 0.718 bits per heavy atom. The lowest BCUT2D eigenvalue weighted by Crippen LogP contribution is -2.29. The molecule has 0 bridgehead atoms. The van der Waals surface area contributed by atoms with Gasteiger partial charge in [0.25, 0.3) is 0 Å². The average molecular weight is 559 g/mol. The van der Waals surface area contributed by atoms with Gasteiger partial charge in [-0.15, -0.1) is 13.2 Å². The van der Waals surface area contributed by atoms with Crippen LogP contribution in [0, 0.1) is 29.4 Å². The van der Waals surface area contributed by atoms with Crippen molar-refractivity contribution in [1.29, 1.82) is 0 Å². The molecule has 39 heavy (non-hydrogen) atoms. The Balaban J connectivity index is 1.28. The smallest absolute Gasteiger partial charge is 0.222 e. The van der Waals surface area contributed by atoms with Gasteiger partial charge in [0.2, 0.25) is 0 Å². The van der Waals surface area contributed by atoms with Crippen LogP contribution in [0.2, 0.25) is 0 Å². The van der Waals surface area contributed by atoms with E-state index in [0.29, 0.717) is 24.5 Å². The second-order valence-electron chi connectivity index (χ2n) is 11.4. The number of ether oxygens (including phenoxy) is 1. The molecule has 0 heterocycles. The number of benzene rings is 2. The number of alkyl halides is 5. The predicted molar refractivity (Wildman–Crippen MR) is 136 cm³/mol. The zero-order chi connectivity index (χ0) is 28.2. The first-order valence-electron chi connectivity index (χ1n) is 14.2. The minimum absolute atomic E-state index is 0.0719. The molecular formula is C31H37F7O. The van der Waals surface area contributed by atoms with E-state index in [0.717, 1.165) is 23.3 Å². The van der Waals surface area contributed by atoms with E-state index in [2.05, 4.69) is 23.8 Å². The van der Waals surface area contributed by atoms with Gasteiger partial charge >= 0.3 is 12.5 Å². The Kier molecular flexibility index (Phi) is 9.66. The Morgan fingerprint density at radius 2 is 1.23 bits per heavy atom. The van der Waals surface area contributed by atoms with Crippen LogP contribution in [-0.2, 0) is 23.7 Å². The summed E-state index contributed by atoms with van der Waals surface area (Å²) in [5, 5.41) is 0. The lowest BCUT2D eigenvalue weighted by atomic mass is 9.68. The van der Waals surface area contributed by atoms with Gasteiger partial charge < -0.3 is 0 Å². The van der Waals surface area contributed by atoms with E-state index >= 15 is 0 Å². The number of aryl methyl sites for hydroxylation is 2. The molecule has 1 nitrogen and oxygen atoms in total. The molecule has 0 aromatic heterocycles. The highest BCUT2D eigenvalue weighted by Crippen LogP contribution is 2.44. The van der Waals surface area contributed by atoms with Crippen molar-refractivity contribution >= 4 is 0 Å². The van der Waals surface area contributed by atoms with E-state index in [1.807, 2.05) is 12.1 Å². The van der Waals surface area contributed by atoms with Crippen LogP contribution in [0.4, 0.5) is 30.7 Å². The van der Waals surface area contributed by atoms with Gasteiger partial charge in [0.15, 0.2) is 0 Å². The van der Waals surface area contributed by atoms with E-state index in [1.165, 1.54) is 69.8 Å². The zero-order valence-corrected chi connectivity index (χ0v) is 22.3. The number of rotatable bonds is 9. The highest BCUT2D eigenvalue weighted by atomic mass is 19.4. The van der Waals surface area contributed by atoms with E-state index in [1.54, 1.807) is 0 Å². The van der Waals surface area contributed by atoms with E-state index in [4.69, 9.17) is 0 Å². The summed E-state index contributed by atoms with van der Waals surface area (Å²) in [5.74, 6) is -0.369. The standard InChI is InChI=1S/C31H37F7O/c1-2-3-20-6-10-23(11-7-20)25-14-16-26(17-15-25)24-12-8-21(9-13-24)4-5-22-18-27(32)29(28(33)19-22)30(34,35)39-31(36,37)38/h8-9,12-13,18-20,23,25-26H,2-7,10-11,14-17H2,1H3. The van der Waals surface area contributed by atoms with Crippen LogP contribution in [0.3, 0.4) is 0 Å². The minimum atomic E-state index is -5.75. The van der Waals surface area contributed by atoms with Crippen molar-refractivity contribution in [2.24, 2.45) is 17.8 Å². The summed E-state index contributed by atoms with van der Waals surface area (Å²) in [6, 6.07) is 9.40. The Morgan fingerprint density at radius 3 is 1.74 bits per heavy atom. The quantitative estimate of drug-likeness (QED) is 0.278. The van der Waals surface area contributed by atoms with E-state index < -0.39 is 29.7 Å². The van der Waals surface area contributed by atoms with Gasteiger partial charge in [-0.05, 0) is 104 Å². The third-order valence-corrected chi connectivity index (χ3v) is 8.82. The molecule has 2 aliphatic carbocycles. The molecule has 2 fully saturated rings. The van der Waals surface area contributed by atoms with Crippen LogP contribution < -0.4 is 0 Å². The van der Waals surface area contributed by atoms with Gasteiger partial charge in [-0.2, -0.15) is 8.78 Å². The number of halogens is 7. The summed E-state index contributed by atoms with van der Waals surface area (Å²) in [4.78, 5) is 0. The van der Waals surface area contributed by atoms with Gasteiger partial charge in [0, 0.05) is 0 Å². The monoisotopic (exact) mass is 558 g/mol. The highest BCUT2D eigenvalue weighted by Gasteiger charge is 2.49. The summed E-state index contributed by atoms with van der Waals surface area (Å²) in [6.45, 7) is 2.27. The van der Waals surface area contributed by atoms with Crippen molar-refractivity contribution in [3.8, 4) is 0 Å². The topological polar surface area (TPSA) is 9.23 Å². The minimum Gasteiger partial charge on any atom is -0.222 e. The number of hydrogen-bond acceptors (Lipinski definition) is 1. The highest BCUT2D eigenvalue weighted by molar-refractivity contribution is 5.31. The Labute approximate surface area is 226 Å². The summed E-state index contributed by atoms with van der Waals surface area (Å²) >= 11 is 0. The van der Waals surface area contributed by atoms with Crippen LogP contribution in [0.25, 0.3) is 0 Å². The first-order chi connectivity index (χ1) is 18.4. The molecule has 0 atom stereocenters. The maximum Gasteiger partial charge on any atom is 0.527 e. The molecule has 216 valence electrons. The second-order valence-corrected chi connectivity index (χ2v) is 11.4. The van der Waals surface area contributed by atoms with Crippen LogP contribution in [0.15, 0.2) is 36.4 Å². The molecule has 2 saturated carbocycles. The predicted octanol–water partition coefficient (Wildman–Crippen LogP) is 10.2. The van der Waals surface area contributed by atoms with Crippen molar-refractivity contribution in [2.45, 2.75) is 102 Å². The van der Waals surface area contributed by atoms with E-state index in [9.17, 15) is 30.7 Å². The largest absolute Gasteiger partial charge is 0.527 e. The van der Waals surface area contributed by atoms with Crippen LogP contribution in [-0.4, -0.2) is 6.36 Å². The average Bonchev–Trinajstić information content (AvgIpc) is 2.87. The zero-order valence-electron chi connectivity index (χ0n) is 22.3. The first-order valence-corrected chi connectivity index (χ1v) is 14.2. The molecule has 8 heteroatoms. The molecular weight excluding hydrogens is 521 g/mol. The molecule has 2 aromatic rings. The Bertz CT molecular complexity index is 1040. The normalized spacial score (nSPS) is 24.6. The first kappa shape index (κ1) is 29.9. The molecule has 0 aliphatic heterocycles. The third-order valence-electron chi connectivity index (χ3n) is 8.82. The summed E-state index contributed by atoms with van der Waals surface area (Å²) in [5.41, 5.74) is 0.235. The molecule has 2 aromatic carbocycles. The maximum absolute atomic E-state index is 14.2. The maximum atomic E-state index is 14.2. The van der Waals surface area contributed by atoms with Gasteiger partial charge in [-0.1, -0.05) is 56.9 Å². The second kappa shape index (κ2) is 12.6. The molecule has 4 rings (SSSR count). The fourth-order valence-electron chi connectivity index (χ4n) is 6.77. The number of hydrogen-bond donors (Lipinski definition) is 0. The molecule has 0 radical (unpaired) electrons. The van der Waals surface area contributed by atoms with Gasteiger partial charge in [0.1, 0.15) is 17.2 Å². The van der Waals surface area contributed by atoms with Crippen LogP contribution in [0.1, 0.15) is 99.3 Å². The fourth-order valence-corrected chi connectivity index (χ4v) is 6.77. The molecule has 0 amide bonds. The van der Waals surface area contributed by atoms with Crippen LogP contribution in [0.5, 0.6) is 0 Å². The summed E-state index contributed by atoms with van der Waals surface area (Å²) in [6.07, 6.45) is 2.75. The lowest BCUT2D eigenvalue weighted by Gasteiger charge is -2.38. The van der Waals surface area contributed by atoms with Gasteiger partial charge in [0.05, 0.1) is 0 Å². The van der Waals surface area contributed by atoms with Crippen molar-refractivity contribution in [2.75, 3.05) is 0 Å². The van der Waals surface area contributed by atoms with E-state index in [-0.39, 0.29) is 12.0 Å². The molecule has 2 aliphatic rings. The fraction of sp³-hybridized carbons (Fsp3) is 0.613. The van der Waals surface area contributed by atoms with Crippen molar-refractivity contribution < 1.29 is 35.5 Å². The third kappa shape index (κ3) is 7.99. The summed E-state index contributed by atoms with van der Waals surface area (Å²) in [7, 11) is 0. The lowest BCUT2D eigenvalue weighted by molar-refractivity contribution is -0.432. The van der Waals surface area contributed by atoms with Crippen molar-refractivity contribution in [3.05, 3.63) is 70.3 Å². The molecule has 0 unspecified atom stereocenters.